The number of ether oxygens (including phenoxy) is 1. The van der Waals surface area contributed by atoms with Gasteiger partial charge in [-0.25, -0.2) is 8.42 Å². The molecular formula is C22H17NO3S. The van der Waals surface area contributed by atoms with Crippen LogP contribution < -0.4 is 4.74 Å². The van der Waals surface area contributed by atoms with E-state index in [1.54, 1.807) is 60.8 Å². The molecule has 0 aliphatic heterocycles. The summed E-state index contributed by atoms with van der Waals surface area (Å²) in [6, 6.07) is 24.8. The normalized spacial score (nSPS) is 11.4. The Morgan fingerprint density at radius 3 is 2.22 bits per heavy atom. The average molecular weight is 375 g/mol. The van der Waals surface area contributed by atoms with Crippen molar-refractivity contribution in [2.24, 2.45) is 0 Å². The van der Waals surface area contributed by atoms with Crippen molar-refractivity contribution in [1.29, 1.82) is 0 Å². The van der Waals surface area contributed by atoms with Gasteiger partial charge >= 0.3 is 0 Å². The summed E-state index contributed by atoms with van der Waals surface area (Å²) in [5.74, 6) is 0.703. The van der Waals surface area contributed by atoms with Crippen molar-refractivity contribution in [1.82, 2.24) is 4.98 Å². The van der Waals surface area contributed by atoms with E-state index in [1.807, 2.05) is 30.3 Å². The molecule has 0 N–H and O–H groups in total. The van der Waals surface area contributed by atoms with Crippen LogP contribution in [0.2, 0.25) is 0 Å². The third-order valence-electron chi connectivity index (χ3n) is 4.28. The number of fused-ring (bicyclic) bond motifs is 1. The molecule has 5 heteroatoms. The molecule has 4 rings (SSSR count). The number of nitrogens with zero attached hydrogens (tertiary/aromatic N) is 1. The third-order valence-corrected chi connectivity index (χ3v) is 6.06. The molecule has 0 fully saturated rings. The third kappa shape index (κ3) is 3.55. The lowest BCUT2D eigenvalue weighted by Crippen LogP contribution is -2.02. The average Bonchev–Trinajstić information content (AvgIpc) is 2.73. The first kappa shape index (κ1) is 17.2. The molecule has 1 aromatic heterocycles. The SMILES string of the molecule is O=S(=O)(c1ccccc1)c1ccc(COc2cccc3cccnc23)cc1. The number of rotatable bonds is 5. The molecule has 0 bridgehead atoms. The summed E-state index contributed by atoms with van der Waals surface area (Å²) in [4.78, 5) is 4.92. The van der Waals surface area contributed by atoms with Crippen LogP contribution in [0.4, 0.5) is 0 Å². The minimum atomic E-state index is -3.50. The topological polar surface area (TPSA) is 56.3 Å². The van der Waals surface area contributed by atoms with Crippen molar-refractivity contribution in [2.75, 3.05) is 0 Å². The standard InChI is InChI=1S/C22H17NO3S/c24-27(25,19-8-2-1-3-9-19)20-13-11-17(12-14-20)16-26-21-10-4-6-18-7-5-15-23-22(18)21/h1-15H,16H2. The van der Waals surface area contributed by atoms with Gasteiger partial charge in [0, 0.05) is 11.6 Å². The van der Waals surface area contributed by atoms with E-state index in [0.717, 1.165) is 16.5 Å². The highest BCUT2D eigenvalue weighted by molar-refractivity contribution is 7.91. The maximum absolute atomic E-state index is 12.6. The Hall–Kier alpha value is -3.18. The minimum absolute atomic E-state index is 0.268. The summed E-state index contributed by atoms with van der Waals surface area (Å²) < 4.78 is 31.2. The summed E-state index contributed by atoms with van der Waals surface area (Å²) in [5, 5.41) is 1.01. The van der Waals surface area contributed by atoms with E-state index in [4.69, 9.17) is 4.74 Å². The molecule has 0 amide bonds. The fraction of sp³-hybridized carbons (Fsp3) is 0.0455. The second kappa shape index (κ2) is 7.21. The van der Waals surface area contributed by atoms with Crippen LogP contribution in [-0.4, -0.2) is 13.4 Å². The van der Waals surface area contributed by atoms with Crippen molar-refractivity contribution >= 4 is 20.7 Å². The zero-order valence-corrected chi connectivity index (χ0v) is 15.3. The molecule has 1 heterocycles. The van der Waals surface area contributed by atoms with Crippen molar-refractivity contribution in [3.8, 4) is 5.75 Å². The van der Waals surface area contributed by atoms with Crippen molar-refractivity contribution < 1.29 is 13.2 Å². The predicted octanol–water partition coefficient (Wildman–Crippen LogP) is 4.65. The van der Waals surface area contributed by atoms with E-state index in [1.165, 1.54) is 0 Å². The van der Waals surface area contributed by atoms with Gasteiger partial charge in [-0.1, -0.05) is 48.5 Å². The van der Waals surface area contributed by atoms with E-state index in [0.29, 0.717) is 12.4 Å². The van der Waals surface area contributed by atoms with Crippen LogP contribution in [-0.2, 0) is 16.4 Å². The lowest BCUT2D eigenvalue weighted by atomic mass is 10.2. The first-order chi connectivity index (χ1) is 13.1. The Bertz CT molecular complexity index is 1170. The molecule has 0 radical (unpaired) electrons. The number of hydrogen-bond acceptors (Lipinski definition) is 4. The molecule has 0 unspecified atom stereocenters. The van der Waals surface area contributed by atoms with E-state index in [-0.39, 0.29) is 9.79 Å². The number of para-hydroxylation sites is 1. The zero-order chi connectivity index (χ0) is 18.7. The maximum atomic E-state index is 12.6. The van der Waals surface area contributed by atoms with Crippen LogP contribution in [0.15, 0.2) is 101 Å². The Morgan fingerprint density at radius 2 is 1.44 bits per heavy atom. The van der Waals surface area contributed by atoms with Crippen LogP contribution in [0.25, 0.3) is 10.9 Å². The van der Waals surface area contributed by atoms with Gasteiger partial charge in [0.15, 0.2) is 0 Å². The summed E-state index contributed by atoms with van der Waals surface area (Å²) in [7, 11) is -3.50. The molecule has 0 saturated carbocycles. The second-order valence-corrected chi connectivity index (χ2v) is 8.03. The van der Waals surface area contributed by atoms with Gasteiger partial charge in [-0.2, -0.15) is 0 Å². The fourth-order valence-corrected chi connectivity index (χ4v) is 4.14. The zero-order valence-electron chi connectivity index (χ0n) is 14.4. The van der Waals surface area contributed by atoms with Crippen LogP contribution in [0, 0.1) is 0 Å². The van der Waals surface area contributed by atoms with Crippen LogP contribution in [0.1, 0.15) is 5.56 Å². The lowest BCUT2D eigenvalue weighted by Gasteiger charge is -2.09. The van der Waals surface area contributed by atoms with Gasteiger partial charge in [0.25, 0.3) is 0 Å². The Balaban J connectivity index is 1.53. The van der Waals surface area contributed by atoms with Gasteiger partial charge in [-0.3, -0.25) is 4.98 Å². The number of hydrogen-bond donors (Lipinski definition) is 0. The molecule has 27 heavy (non-hydrogen) atoms. The van der Waals surface area contributed by atoms with Gasteiger partial charge in [-0.05, 0) is 42.0 Å². The molecule has 0 atom stereocenters. The van der Waals surface area contributed by atoms with Gasteiger partial charge in [-0.15, -0.1) is 0 Å². The second-order valence-electron chi connectivity index (χ2n) is 6.08. The highest BCUT2D eigenvalue weighted by atomic mass is 32.2. The quantitative estimate of drug-likeness (QED) is 0.510. The molecule has 0 spiro atoms. The van der Waals surface area contributed by atoms with E-state index >= 15 is 0 Å². The monoisotopic (exact) mass is 375 g/mol. The number of aromatic nitrogens is 1. The highest BCUT2D eigenvalue weighted by Crippen LogP contribution is 2.25. The first-order valence-electron chi connectivity index (χ1n) is 8.50. The number of sulfone groups is 1. The van der Waals surface area contributed by atoms with Crippen molar-refractivity contribution in [3.63, 3.8) is 0 Å². The van der Waals surface area contributed by atoms with Crippen molar-refractivity contribution in [3.05, 3.63) is 96.7 Å². The Morgan fingerprint density at radius 1 is 0.741 bits per heavy atom. The minimum Gasteiger partial charge on any atom is -0.487 e. The Labute approximate surface area is 158 Å². The molecule has 4 nitrogen and oxygen atoms in total. The molecule has 0 aliphatic rings. The molecule has 0 aliphatic carbocycles. The summed E-state index contributed by atoms with van der Waals surface area (Å²) >= 11 is 0. The van der Waals surface area contributed by atoms with Gasteiger partial charge in [0.05, 0.1) is 9.79 Å². The van der Waals surface area contributed by atoms with Crippen LogP contribution in [0.3, 0.4) is 0 Å². The number of pyridine rings is 1. The van der Waals surface area contributed by atoms with Gasteiger partial charge in [0.1, 0.15) is 17.9 Å². The first-order valence-corrected chi connectivity index (χ1v) is 9.98. The molecule has 134 valence electrons. The summed E-state index contributed by atoms with van der Waals surface area (Å²) in [5.41, 5.74) is 1.69. The Kier molecular flexibility index (Phi) is 4.60. The summed E-state index contributed by atoms with van der Waals surface area (Å²) in [6.45, 7) is 0.335. The van der Waals surface area contributed by atoms with Crippen LogP contribution in [0.5, 0.6) is 5.75 Å². The van der Waals surface area contributed by atoms with E-state index in [2.05, 4.69) is 4.98 Å². The maximum Gasteiger partial charge on any atom is 0.206 e. The number of benzene rings is 3. The highest BCUT2D eigenvalue weighted by Gasteiger charge is 2.16. The van der Waals surface area contributed by atoms with Gasteiger partial charge in [0.2, 0.25) is 9.84 Å². The predicted molar refractivity (Wildman–Crippen MR) is 104 cm³/mol. The smallest absolute Gasteiger partial charge is 0.206 e. The molecule has 0 saturated heterocycles. The van der Waals surface area contributed by atoms with E-state index < -0.39 is 9.84 Å². The van der Waals surface area contributed by atoms with Crippen molar-refractivity contribution in [2.45, 2.75) is 16.4 Å². The molecule has 3 aromatic carbocycles. The van der Waals surface area contributed by atoms with Gasteiger partial charge < -0.3 is 4.74 Å². The fourth-order valence-electron chi connectivity index (χ4n) is 2.85. The van der Waals surface area contributed by atoms with Crippen LogP contribution >= 0.6 is 0 Å². The van der Waals surface area contributed by atoms with E-state index in [9.17, 15) is 8.42 Å². The molecular weight excluding hydrogens is 358 g/mol. The largest absolute Gasteiger partial charge is 0.487 e. The lowest BCUT2D eigenvalue weighted by molar-refractivity contribution is 0.309. The summed E-state index contributed by atoms with van der Waals surface area (Å²) in [6.07, 6.45) is 1.73. The molecule has 4 aromatic rings.